The molecule has 4 nitrogen and oxygen atoms in total. The molecule has 0 atom stereocenters. The Labute approximate surface area is 158 Å². The zero-order valence-electron chi connectivity index (χ0n) is 14.5. The first-order chi connectivity index (χ1) is 12.5. The molecule has 2 aromatic carbocycles. The average Bonchev–Trinajstić information content (AvgIpc) is 2.62. The largest absolute Gasteiger partial charge is 0.480 e. The number of rotatable bonds is 5. The summed E-state index contributed by atoms with van der Waals surface area (Å²) in [6.45, 7) is 3.93. The van der Waals surface area contributed by atoms with Crippen LogP contribution >= 0.6 is 11.6 Å². The summed E-state index contributed by atoms with van der Waals surface area (Å²) in [5, 5.41) is 12.6. The smallest absolute Gasteiger partial charge is 0.266 e. The van der Waals surface area contributed by atoms with Gasteiger partial charge in [-0.3, -0.25) is 4.79 Å². The second kappa shape index (κ2) is 8.76. The van der Waals surface area contributed by atoms with Gasteiger partial charge in [-0.05, 0) is 55.3 Å². The van der Waals surface area contributed by atoms with Crippen LogP contribution in [0.4, 0.5) is 5.69 Å². The van der Waals surface area contributed by atoms with Crippen LogP contribution in [0.15, 0.2) is 42.0 Å². The van der Waals surface area contributed by atoms with Crippen LogP contribution in [-0.2, 0) is 4.79 Å². The number of nitriles is 1. The van der Waals surface area contributed by atoms with Gasteiger partial charge in [0.2, 0.25) is 0 Å². The van der Waals surface area contributed by atoms with Gasteiger partial charge in [0.05, 0.1) is 0 Å². The van der Waals surface area contributed by atoms with E-state index >= 15 is 0 Å². The zero-order chi connectivity index (χ0) is 19.1. The summed E-state index contributed by atoms with van der Waals surface area (Å²) >= 11 is 6.02. The molecule has 0 aromatic heterocycles. The number of hydrogen-bond acceptors (Lipinski definition) is 3. The fourth-order valence-corrected chi connectivity index (χ4v) is 2.44. The quantitative estimate of drug-likeness (QED) is 0.482. The lowest BCUT2D eigenvalue weighted by Crippen LogP contribution is -2.14. The van der Waals surface area contributed by atoms with Crippen LogP contribution in [0.1, 0.15) is 16.7 Å². The van der Waals surface area contributed by atoms with Gasteiger partial charge in [0.25, 0.3) is 5.91 Å². The van der Waals surface area contributed by atoms with Crippen LogP contribution in [0.25, 0.3) is 6.08 Å². The molecule has 5 heteroatoms. The Morgan fingerprint density at radius 3 is 2.81 bits per heavy atom. The number of carbonyl (C=O) groups is 1. The second-order valence-electron chi connectivity index (χ2n) is 5.55. The Balaban J connectivity index is 2.34. The lowest BCUT2D eigenvalue weighted by Gasteiger charge is -2.11. The summed E-state index contributed by atoms with van der Waals surface area (Å²) in [6.07, 6.45) is 6.64. The molecular formula is C21H17ClN2O2. The maximum Gasteiger partial charge on any atom is 0.266 e. The van der Waals surface area contributed by atoms with Gasteiger partial charge in [-0.25, -0.2) is 0 Å². The minimum Gasteiger partial charge on any atom is -0.480 e. The highest BCUT2D eigenvalue weighted by Crippen LogP contribution is 2.26. The van der Waals surface area contributed by atoms with E-state index in [-0.39, 0.29) is 12.2 Å². The number of carbonyl (C=O) groups excluding carboxylic acids is 1. The standard InChI is InChI=1S/C21H17ClN2O2/c1-4-10-26-20-9-8-18(22)12-16(20)11-17(13-23)21(25)24-19-7-5-6-14(2)15(19)3/h1,5-9,11-12H,10H2,2-3H3,(H,24,25)/b17-11+. The number of nitrogens with one attached hydrogen (secondary N) is 1. The molecule has 0 bridgehead atoms. The van der Waals surface area contributed by atoms with Gasteiger partial charge in [0.15, 0.2) is 0 Å². The summed E-state index contributed by atoms with van der Waals surface area (Å²) in [5.74, 6) is 2.31. The number of benzene rings is 2. The Hall–Kier alpha value is -3.21. The Bertz CT molecular complexity index is 949. The number of terminal acetylenes is 1. The fraction of sp³-hybridized carbons (Fsp3) is 0.143. The van der Waals surface area contributed by atoms with Crippen molar-refractivity contribution in [3.63, 3.8) is 0 Å². The Morgan fingerprint density at radius 2 is 2.12 bits per heavy atom. The van der Waals surface area contributed by atoms with E-state index in [2.05, 4.69) is 11.2 Å². The van der Waals surface area contributed by atoms with Crippen LogP contribution < -0.4 is 10.1 Å². The molecule has 1 amide bonds. The van der Waals surface area contributed by atoms with Crippen molar-refractivity contribution in [2.75, 3.05) is 11.9 Å². The zero-order valence-corrected chi connectivity index (χ0v) is 15.2. The Kier molecular flexibility index (Phi) is 6.44. The molecular weight excluding hydrogens is 348 g/mol. The van der Waals surface area contributed by atoms with Crippen LogP contribution in [0.5, 0.6) is 5.75 Å². The molecule has 0 fully saturated rings. The lowest BCUT2D eigenvalue weighted by molar-refractivity contribution is -0.112. The van der Waals surface area contributed by atoms with Crippen molar-refractivity contribution < 1.29 is 9.53 Å². The number of amides is 1. The third kappa shape index (κ3) is 4.66. The van der Waals surface area contributed by atoms with Crippen molar-refractivity contribution >= 4 is 29.3 Å². The molecule has 2 aromatic rings. The Morgan fingerprint density at radius 1 is 1.35 bits per heavy atom. The molecule has 0 saturated heterocycles. The van der Waals surface area contributed by atoms with Crippen LogP contribution in [0.3, 0.4) is 0 Å². The highest BCUT2D eigenvalue weighted by Gasteiger charge is 2.13. The molecule has 1 N–H and O–H groups in total. The molecule has 0 saturated carbocycles. The van der Waals surface area contributed by atoms with Gasteiger partial charge < -0.3 is 10.1 Å². The number of aryl methyl sites for hydroxylation is 1. The van der Waals surface area contributed by atoms with Gasteiger partial charge in [0, 0.05) is 16.3 Å². The first-order valence-corrected chi connectivity index (χ1v) is 8.19. The van der Waals surface area contributed by atoms with Gasteiger partial charge in [-0.1, -0.05) is 29.7 Å². The first kappa shape index (κ1) is 19.1. The summed E-state index contributed by atoms with van der Waals surface area (Å²) in [7, 11) is 0. The average molecular weight is 365 g/mol. The molecule has 0 unspecified atom stereocenters. The summed E-state index contributed by atoms with van der Waals surface area (Å²) < 4.78 is 5.44. The van der Waals surface area contributed by atoms with E-state index in [9.17, 15) is 10.1 Å². The van der Waals surface area contributed by atoms with E-state index < -0.39 is 5.91 Å². The molecule has 0 aliphatic rings. The number of nitrogens with zero attached hydrogens (tertiary/aromatic N) is 1. The minimum atomic E-state index is -0.510. The molecule has 0 aliphatic heterocycles. The molecule has 130 valence electrons. The van der Waals surface area contributed by atoms with Crippen LogP contribution in [-0.4, -0.2) is 12.5 Å². The number of anilines is 1. The van der Waals surface area contributed by atoms with E-state index in [1.165, 1.54) is 6.08 Å². The molecule has 0 radical (unpaired) electrons. The summed E-state index contributed by atoms with van der Waals surface area (Å²) in [6, 6.07) is 12.4. The summed E-state index contributed by atoms with van der Waals surface area (Å²) in [4.78, 5) is 12.5. The van der Waals surface area contributed by atoms with Crippen LogP contribution in [0, 0.1) is 37.5 Å². The maximum atomic E-state index is 12.5. The van der Waals surface area contributed by atoms with Crippen molar-refractivity contribution in [3.05, 3.63) is 63.7 Å². The highest BCUT2D eigenvalue weighted by molar-refractivity contribution is 6.30. The fourth-order valence-electron chi connectivity index (χ4n) is 2.26. The normalized spacial score (nSPS) is 10.6. The van der Waals surface area contributed by atoms with Crippen molar-refractivity contribution in [2.45, 2.75) is 13.8 Å². The lowest BCUT2D eigenvalue weighted by atomic mass is 10.1. The first-order valence-electron chi connectivity index (χ1n) is 7.81. The van der Waals surface area contributed by atoms with Gasteiger partial charge >= 0.3 is 0 Å². The number of halogens is 1. The maximum absolute atomic E-state index is 12.5. The molecule has 26 heavy (non-hydrogen) atoms. The van der Waals surface area contributed by atoms with Crippen molar-refractivity contribution in [3.8, 4) is 24.2 Å². The van der Waals surface area contributed by atoms with E-state index in [4.69, 9.17) is 22.8 Å². The SMILES string of the molecule is C#CCOc1ccc(Cl)cc1/C=C(\C#N)C(=O)Nc1cccc(C)c1C. The molecule has 0 spiro atoms. The third-order valence-electron chi connectivity index (χ3n) is 3.80. The van der Waals surface area contributed by atoms with Gasteiger partial charge in [-0.2, -0.15) is 5.26 Å². The minimum absolute atomic E-state index is 0.0685. The van der Waals surface area contributed by atoms with Crippen LogP contribution in [0.2, 0.25) is 5.02 Å². The van der Waals surface area contributed by atoms with Crippen molar-refractivity contribution in [1.82, 2.24) is 0 Å². The van der Waals surface area contributed by atoms with Gasteiger partial charge in [0.1, 0.15) is 24.0 Å². The second-order valence-corrected chi connectivity index (χ2v) is 5.98. The molecule has 0 heterocycles. The number of ether oxygens (including phenoxy) is 1. The van der Waals surface area contributed by atoms with Gasteiger partial charge in [-0.15, -0.1) is 6.42 Å². The highest BCUT2D eigenvalue weighted by atomic mass is 35.5. The van der Waals surface area contributed by atoms with Crippen molar-refractivity contribution in [1.29, 1.82) is 5.26 Å². The predicted molar refractivity (Wildman–Crippen MR) is 104 cm³/mol. The monoisotopic (exact) mass is 364 g/mol. The topological polar surface area (TPSA) is 62.1 Å². The van der Waals surface area contributed by atoms with E-state index in [1.54, 1.807) is 24.3 Å². The number of hydrogen-bond donors (Lipinski definition) is 1. The van der Waals surface area contributed by atoms with E-state index in [1.807, 2.05) is 32.0 Å². The third-order valence-corrected chi connectivity index (χ3v) is 4.04. The van der Waals surface area contributed by atoms with E-state index in [0.717, 1.165) is 11.1 Å². The molecule has 2 rings (SSSR count). The molecule has 0 aliphatic carbocycles. The van der Waals surface area contributed by atoms with Crippen molar-refractivity contribution in [2.24, 2.45) is 0 Å². The van der Waals surface area contributed by atoms with E-state index in [0.29, 0.717) is 22.0 Å². The predicted octanol–water partition coefficient (Wildman–Crippen LogP) is 4.51. The summed E-state index contributed by atoms with van der Waals surface area (Å²) in [5.41, 5.74) is 3.08.